The highest BCUT2D eigenvalue weighted by molar-refractivity contribution is 5.67. The van der Waals surface area contributed by atoms with Crippen LogP contribution in [0.5, 0.6) is 0 Å². The second kappa shape index (κ2) is 9.92. The van der Waals surface area contributed by atoms with Crippen molar-refractivity contribution in [1.82, 2.24) is 0 Å². The van der Waals surface area contributed by atoms with Crippen molar-refractivity contribution < 1.29 is 24.9 Å². The van der Waals surface area contributed by atoms with Crippen molar-refractivity contribution in [3.8, 4) is 0 Å². The molecular weight excluding hydrogens is 272 g/mol. The van der Waals surface area contributed by atoms with Crippen LogP contribution >= 0.6 is 0 Å². The molecule has 3 N–H and O–H groups in total. The summed E-state index contributed by atoms with van der Waals surface area (Å²) in [5.74, 6) is -1.55. The Labute approximate surface area is 126 Å². The Morgan fingerprint density at radius 3 is 2.57 bits per heavy atom. The highest BCUT2D eigenvalue weighted by Crippen LogP contribution is 2.36. The number of carbonyl (C=O) groups is 1. The first-order valence-corrected chi connectivity index (χ1v) is 7.79. The number of aliphatic carboxylic acids is 1. The summed E-state index contributed by atoms with van der Waals surface area (Å²) >= 11 is 0. The molecule has 5 heteroatoms. The quantitative estimate of drug-likeness (QED) is 0.424. The van der Waals surface area contributed by atoms with E-state index >= 15 is 0 Å². The monoisotopic (exact) mass is 300 g/mol. The normalized spacial score (nSPS) is 29.3. The van der Waals surface area contributed by atoms with Crippen LogP contribution < -0.4 is 0 Å². The minimum atomic E-state index is -0.926. The van der Waals surface area contributed by atoms with Gasteiger partial charge in [-0.25, -0.2) is 0 Å². The van der Waals surface area contributed by atoms with Gasteiger partial charge in [0.05, 0.1) is 18.6 Å². The number of rotatable bonds is 10. The third-order valence-corrected chi connectivity index (χ3v) is 4.15. The molecule has 0 aromatic heterocycles. The second-order valence-electron chi connectivity index (χ2n) is 5.83. The molecule has 0 saturated heterocycles. The fraction of sp³-hybridized carbons (Fsp3) is 0.812. The summed E-state index contributed by atoms with van der Waals surface area (Å²) in [7, 11) is 1.71. The first kappa shape index (κ1) is 18.1. The van der Waals surface area contributed by atoms with Crippen LogP contribution in [0.15, 0.2) is 12.2 Å². The minimum Gasteiger partial charge on any atom is -0.481 e. The van der Waals surface area contributed by atoms with Crippen LogP contribution in [0.1, 0.15) is 44.9 Å². The van der Waals surface area contributed by atoms with Crippen LogP contribution in [-0.2, 0) is 9.53 Å². The van der Waals surface area contributed by atoms with E-state index in [0.29, 0.717) is 0 Å². The molecule has 4 atom stereocenters. The molecule has 0 aromatic rings. The Kier molecular flexibility index (Phi) is 8.57. The molecule has 0 amide bonds. The third-order valence-electron chi connectivity index (χ3n) is 4.15. The second-order valence-corrected chi connectivity index (χ2v) is 5.83. The van der Waals surface area contributed by atoms with Crippen LogP contribution in [-0.4, -0.2) is 47.2 Å². The Hall–Kier alpha value is -0.910. The minimum absolute atomic E-state index is 0.0930. The fourth-order valence-electron chi connectivity index (χ4n) is 2.98. The van der Waals surface area contributed by atoms with Gasteiger partial charge in [-0.1, -0.05) is 25.0 Å². The zero-order valence-corrected chi connectivity index (χ0v) is 12.8. The molecular formula is C16H28O5. The van der Waals surface area contributed by atoms with Crippen molar-refractivity contribution in [1.29, 1.82) is 0 Å². The van der Waals surface area contributed by atoms with Gasteiger partial charge in [0.15, 0.2) is 0 Å². The lowest BCUT2D eigenvalue weighted by Crippen LogP contribution is -2.23. The highest BCUT2D eigenvalue weighted by Gasteiger charge is 2.41. The third kappa shape index (κ3) is 6.59. The maximum atomic E-state index is 10.8. The summed E-state index contributed by atoms with van der Waals surface area (Å²) < 4.78 is 4.99. The summed E-state index contributed by atoms with van der Waals surface area (Å²) in [5, 5.41) is 28.6. The van der Waals surface area contributed by atoms with Gasteiger partial charge >= 0.3 is 5.97 Å². The Bertz CT molecular complexity index is 329. The van der Waals surface area contributed by atoms with E-state index in [1.54, 1.807) is 7.11 Å². The van der Waals surface area contributed by atoms with Gasteiger partial charge in [-0.2, -0.15) is 0 Å². The van der Waals surface area contributed by atoms with E-state index in [4.69, 9.17) is 9.84 Å². The van der Waals surface area contributed by atoms with Crippen molar-refractivity contribution in [3.63, 3.8) is 0 Å². The smallest absolute Gasteiger partial charge is 0.303 e. The number of methoxy groups -OCH3 is 1. The number of hydrogen-bond donors (Lipinski definition) is 3. The van der Waals surface area contributed by atoms with Crippen LogP contribution in [0.25, 0.3) is 0 Å². The molecule has 21 heavy (non-hydrogen) atoms. The van der Waals surface area contributed by atoms with Gasteiger partial charge in [-0.05, 0) is 19.3 Å². The summed E-state index contributed by atoms with van der Waals surface area (Å²) in [6.07, 6.45) is 8.09. The number of carboxylic acid groups (broad SMARTS) is 1. The summed E-state index contributed by atoms with van der Waals surface area (Å²) in [6.45, 7) is 0.804. The molecule has 122 valence electrons. The highest BCUT2D eigenvalue weighted by atomic mass is 16.5. The van der Waals surface area contributed by atoms with Gasteiger partial charge in [0.2, 0.25) is 0 Å². The van der Waals surface area contributed by atoms with Crippen molar-refractivity contribution in [2.75, 3.05) is 13.7 Å². The van der Waals surface area contributed by atoms with Crippen molar-refractivity contribution in [2.24, 2.45) is 11.8 Å². The molecule has 1 saturated carbocycles. The van der Waals surface area contributed by atoms with Crippen molar-refractivity contribution >= 4 is 5.97 Å². The zero-order valence-electron chi connectivity index (χ0n) is 12.8. The zero-order chi connectivity index (χ0) is 15.7. The van der Waals surface area contributed by atoms with E-state index in [2.05, 4.69) is 0 Å². The Morgan fingerprint density at radius 1 is 1.19 bits per heavy atom. The molecule has 1 aliphatic carbocycles. The van der Waals surface area contributed by atoms with Crippen molar-refractivity contribution in [2.45, 2.75) is 57.2 Å². The average molecular weight is 300 g/mol. The molecule has 0 bridgehead atoms. The topological polar surface area (TPSA) is 87.0 Å². The predicted molar refractivity (Wildman–Crippen MR) is 80.0 cm³/mol. The van der Waals surface area contributed by atoms with Gasteiger partial charge < -0.3 is 20.1 Å². The van der Waals surface area contributed by atoms with Crippen LogP contribution in [0.2, 0.25) is 0 Å². The number of ether oxygens (including phenoxy) is 1. The lowest BCUT2D eigenvalue weighted by Gasteiger charge is -2.18. The summed E-state index contributed by atoms with van der Waals surface area (Å²) in [4.78, 5) is 10.8. The first-order valence-electron chi connectivity index (χ1n) is 7.79. The SMILES string of the molecule is COCCCCCCC=C[C@@H]1[C@@H](CC(=O)O)[C@@H](O)C[C@H]1O. The molecule has 0 aromatic carbocycles. The molecule has 1 fully saturated rings. The molecule has 1 aliphatic rings. The number of unbranched alkanes of at least 4 members (excludes halogenated alkanes) is 4. The van der Waals surface area contributed by atoms with E-state index < -0.39 is 18.2 Å². The lowest BCUT2D eigenvalue weighted by molar-refractivity contribution is -0.139. The molecule has 0 aliphatic heterocycles. The van der Waals surface area contributed by atoms with Crippen LogP contribution in [0, 0.1) is 11.8 Å². The number of aliphatic hydroxyl groups excluding tert-OH is 2. The van der Waals surface area contributed by atoms with Crippen molar-refractivity contribution in [3.05, 3.63) is 12.2 Å². The standard InChI is InChI=1S/C16H28O5/c1-21-9-7-5-3-2-4-6-8-12-13(10-16(19)20)15(18)11-14(12)17/h6,8,12-15,17-18H,2-5,7,9-11H2,1H3,(H,19,20)/t12-,13-,14-,15+/m1/s1. The van der Waals surface area contributed by atoms with Gasteiger partial charge in [0, 0.05) is 32.0 Å². The molecule has 5 nitrogen and oxygen atoms in total. The predicted octanol–water partition coefficient (Wildman–Crippen LogP) is 1.97. The molecule has 0 radical (unpaired) electrons. The van der Waals surface area contributed by atoms with Gasteiger partial charge in [-0.3, -0.25) is 4.79 Å². The summed E-state index contributed by atoms with van der Waals surface area (Å²) in [5.41, 5.74) is 0. The Morgan fingerprint density at radius 2 is 1.90 bits per heavy atom. The molecule has 0 unspecified atom stereocenters. The van der Waals surface area contributed by atoms with Gasteiger partial charge in [-0.15, -0.1) is 0 Å². The molecule has 1 rings (SSSR count). The van der Waals surface area contributed by atoms with E-state index in [-0.39, 0.29) is 24.7 Å². The van der Waals surface area contributed by atoms with E-state index in [1.807, 2.05) is 12.2 Å². The lowest BCUT2D eigenvalue weighted by atomic mass is 9.90. The van der Waals surface area contributed by atoms with Crippen LogP contribution in [0.3, 0.4) is 0 Å². The average Bonchev–Trinajstić information content (AvgIpc) is 2.67. The maximum absolute atomic E-state index is 10.8. The number of aliphatic hydroxyl groups is 2. The van der Waals surface area contributed by atoms with E-state index in [0.717, 1.165) is 38.7 Å². The summed E-state index contributed by atoms with van der Waals surface area (Å²) in [6, 6.07) is 0. The maximum Gasteiger partial charge on any atom is 0.303 e. The fourth-order valence-corrected chi connectivity index (χ4v) is 2.98. The van der Waals surface area contributed by atoms with Crippen LogP contribution in [0.4, 0.5) is 0 Å². The molecule has 0 spiro atoms. The number of hydrogen-bond acceptors (Lipinski definition) is 4. The first-order chi connectivity index (χ1) is 10.1. The van der Waals surface area contributed by atoms with E-state index in [1.165, 1.54) is 0 Å². The number of allylic oxidation sites excluding steroid dienone is 1. The van der Waals surface area contributed by atoms with Gasteiger partial charge in [0.25, 0.3) is 0 Å². The molecule has 0 heterocycles. The Balaban J connectivity index is 2.30. The van der Waals surface area contributed by atoms with E-state index in [9.17, 15) is 15.0 Å². The number of carboxylic acids is 1. The largest absolute Gasteiger partial charge is 0.481 e. The van der Waals surface area contributed by atoms with Gasteiger partial charge in [0.1, 0.15) is 0 Å².